The van der Waals surface area contributed by atoms with Crippen LogP contribution < -0.4 is 14.8 Å². The second-order valence-corrected chi connectivity index (χ2v) is 6.34. The molecule has 0 bridgehead atoms. The maximum absolute atomic E-state index is 12.7. The van der Waals surface area contributed by atoms with Gasteiger partial charge in [0, 0.05) is 24.7 Å². The first-order valence-electron chi connectivity index (χ1n) is 8.77. The van der Waals surface area contributed by atoms with Gasteiger partial charge in [0.2, 0.25) is 5.91 Å². The molecule has 26 heavy (non-hydrogen) atoms. The molecule has 1 aromatic heterocycles. The zero-order valence-corrected chi connectivity index (χ0v) is 14.3. The molecule has 1 N–H and O–H groups in total. The Bertz CT molecular complexity index is 802. The summed E-state index contributed by atoms with van der Waals surface area (Å²) in [6.45, 7) is 1.74. The van der Waals surface area contributed by atoms with Crippen LogP contribution >= 0.6 is 0 Å². The average Bonchev–Trinajstić information content (AvgIpc) is 3.29. The van der Waals surface area contributed by atoms with Crippen molar-refractivity contribution in [2.45, 2.75) is 25.3 Å². The molecule has 3 heterocycles. The van der Waals surface area contributed by atoms with Gasteiger partial charge in [-0.1, -0.05) is 0 Å². The van der Waals surface area contributed by atoms with Crippen molar-refractivity contribution >= 4 is 17.5 Å². The summed E-state index contributed by atoms with van der Waals surface area (Å²) in [6, 6.07) is 8.08. The molecule has 4 rings (SSSR count). The Morgan fingerprint density at radius 1 is 1.08 bits per heavy atom. The van der Waals surface area contributed by atoms with E-state index < -0.39 is 6.04 Å². The van der Waals surface area contributed by atoms with Crippen LogP contribution in [0.5, 0.6) is 11.5 Å². The molecule has 0 saturated carbocycles. The van der Waals surface area contributed by atoms with Gasteiger partial charge in [0.15, 0.2) is 17.3 Å². The Morgan fingerprint density at radius 3 is 2.73 bits per heavy atom. The van der Waals surface area contributed by atoms with Crippen molar-refractivity contribution in [3.8, 4) is 11.5 Å². The summed E-state index contributed by atoms with van der Waals surface area (Å²) in [5.41, 5.74) is 0.622. The third-order valence-corrected chi connectivity index (χ3v) is 4.56. The number of amides is 2. The van der Waals surface area contributed by atoms with Crippen molar-refractivity contribution in [1.82, 2.24) is 4.90 Å². The number of anilines is 1. The quantitative estimate of drug-likeness (QED) is 0.914. The Kier molecular flexibility index (Phi) is 4.51. The van der Waals surface area contributed by atoms with Crippen molar-refractivity contribution in [2.24, 2.45) is 0 Å². The van der Waals surface area contributed by atoms with E-state index in [1.165, 1.54) is 6.26 Å². The fourth-order valence-electron chi connectivity index (χ4n) is 3.29. The SMILES string of the molecule is O=C(Nc1ccc2c(c1)OCCCO2)C1CCCN1C(=O)c1ccco1. The summed E-state index contributed by atoms with van der Waals surface area (Å²) in [5.74, 6) is 1.08. The molecule has 2 amide bonds. The van der Waals surface area contributed by atoms with Crippen molar-refractivity contribution in [1.29, 1.82) is 0 Å². The van der Waals surface area contributed by atoms with Gasteiger partial charge in [-0.05, 0) is 37.1 Å². The Hall–Kier alpha value is -2.96. The molecule has 0 radical (unpaired) electrons. The van der Waals surface area contributed by atoms with E-state index in [1.54, 1.807) is 35.2 Å². The first kappa shape index (κ1) is 16.5. The number of benzene rings is 1. The number of furan rings is 1. The van der Waals surface area contributed by atoms with Gasteiger partial charge < -0.3 is 24.1 Å². The molecule has 1 fully saturated rings. The van der Waals surface area contributed by atoms with Crippen LogP contribution in [0.3, 0.4) is 0 Å². The van der Waals surface area contributed by atoms with E-state index in [2.05, 4.69) is 5.32 Å². The molecule has 2 aliphatic rings. The third kappa shape index (κ3) is 3.24. The molecule has 136 valence electrons. The maximum Gasteiger partial charge on any atom is 0.290 e. The van der Waals surface area contributed by atoms with Crippen LogP contribution in [0.4, 0.5) is 5.69 Å². The number of ether oxygens (including phenoxy) is 2. The number of nitrogens with one attached hydrogen (secondary N) is 1. The predicted molar refractivity (Wildman–Crippen MR) is 93.4 cm³/mol. The van der Waals surface area contributed by atoms with E-state index in [-0.39, 0.29) is 17.6 Å². The van der Waals surface area contributed by atoms with Gasteiger partial charge in [0.05, 0.1) is 19.5 Å². The van der Waals surface area contributed by atoms with Crippen LogP contribution in [0.1, 0.15) is 29.8 Å². The van der Waals surface area contributed by atoms with E-state index in [4.69, 9.17) is 13.9 Å². The van der Waals surface area contributed by atoms with Crippen molar-refractivity contribution in [2.75, 3.05) is 25.1 Å². The van der Waals surface area contributed by atoms with Gasteiger partial charge in [-0.25, -0.2) is 0 Å². The summed E-state index contributed by atoms with van der Waals surface area (Å²) in [5, 5.41) is 2.89. The van der Waals surface area contributed by atoms with Gasteiger partial charge in [-0.2, -0.15) is 0 Å². The minimum Gasteiger partial charge on any atom is -0.490 e. The highest BCUT2D eigenvalue weighted by atomic mass is 16.5. The number of rotatable bonds is 3. The highest BCUT2D eigenvalue weighted by Crippen LogP contribution is 2.32. The van der Waals surface area contributed by atoms with E-state index >= 15 is 0 Å². The highest BCUT2D eigenvalue weighted by molar-refractivity contribution is 6.00. The summed E-state index contributed by atoms with van der Waals surface area (Å²) in [7, 11) is 0. The number of hydrogen-bond acceptors (Lipinski definition) is 5. The molecule has 2 aliphatic heterocycles. The molecule has 0 spiro atoms. The van der Waals surface area contributed by atoms with Crippen LogP contribution in [0.25, 0.3) is 0 Å². The number of likely N-dealkylation sites (tertiary alicyclic amines) is 1. The van der Waals surface area contributed by atoms with Gasteiger partial charge in [0.25, 0.3) is 5.91 Å². The molecular formula is C19H20N2O5. The number of fused-ring (bicyclic) bond motifs is 1. The van der Waals surface area contributed by atoms with Gasteiger partial charge >= 0.3 is 0 Å². The van der Waals surface area contributed by atoms with Crippen molar-refractivity contribution < 1.29 is 23.5 Å². The Labute approximate surface area is 150 Å². The lowest BCUT2D eigenvalue weighted by Crippen LogP contribution is -2.43. The van der Waals surface area contributed by atoms with Crippen LogP contribution in [-0.2, 0) is 4.79 Å². The number of hydrogen-bond donors (Lipinski definition) is 1. The first-order valence-corrected chi connectivity index (χ1v) is 8.77. The third-order valence-electron chi connectivity index (χ3n) is 4.56. The summed E-state index contributed by atoms with van der Waals surface area (Å²) < 4.78 is 16.4. The van der Waals surface area contributed by atoms with Crippen LogP contribution in [0.15, 0.2) is 41.0 Å². The minimum absolute atomic E-state index is 0.211. The molecule has 1 atom stereocenters. The van der Waals surface area contributed by atoms with Crippen LogP contribution in [0, 0.1) is 0 Å². The van der Waals surface area contributed by atoms with E-state index in [9.17, 15) is 9.59 Å². The van der Waals surface area contributed by atoms with E-state index in [0.29, 0.717) is 43.4 Å². The Balaban J connectivity index is 1.47. The fourth-order valence-corrected chi connectivity index (χ4v) is 3.29. The van der Waals surface area contributed by atoms with E-state index in [1.807, 2.05) is 0 Å². The zero-order chi connectivity index (χ0) is 17.9. The van der Waals surface area contributed by atoms with E-state index in [0.717, 1.165) is 12.8 Å². The molecule has 1 saturated heterocycles. The lowest BCUT2D eigenvalue weighted by molar-refractivity contribution is -0.119. The lowest BCUT2D eigenvalue weighted by Gasteiger charge is -2.23. The summed E-state index contributed by atoms with van der Waals surface area (Å²) >= 11 is 0. The summed E-state index contributed by atoms with van der Waals surface area (Å²) in [4.78, 5) is 26.8. The fraction of sp³-hybridized carbons (Fsp3) is 0.368. The maximum atomic E-state index is 12.7. The predicted octanol–water partition coefficient (Wildman–Crippen LogP) is 2.68. The topological polar surface area (TPSA) is 81.0 Å². The number of carbonyl (C=O) groups excluding carboxylic acids is 2. The standard InChI is InChI=1S/C19H20N2O5/c22-18(14-4-1-8-21(14)19(23)16-5-2-9-25-16)20-13-6-7-15-17(12-13)26-11-3-10-24-15/h2,5-7,9,12,14H,1,3-4,8,10-11H2,(H,20,22). The smallest absolute Gasteiger partial charge is 0.290 e. The normalized spacial score (nSPS) is 19.1. The molecule has 0 aliphatic carbocycles. The molecule has 1 unspecified atom stereocenters. The zero-order valence-electron chi connectivity index (χ0n) is 14.3. The number of carbonyl (C=O) groups is 2. The van der Waals surface area contributed by atoms with Crippen molar-refractivity contribution in [3.05, 3.63) is 42.4 Å². The second kappa shape index (κ2) is 7.11. The Morgan fingerprint density at radius 2 is 1.92 bits per heavy atom. The minimum atomic E-state index is -0.511. The number of nitrogens with zero attached hydrogens (tertiary/aromatic N) is 1. The highest BCUT2D eigenvalue weighted by Gasteiger charge is 2.35. The van der Waals surface area contributed by atoms with Crippen LogP contribution in [0.2, 0.25) is 0 Å². The largest absolute Gasteiger partial charge is 0.490 e. The first-order chi connectivity index (χ1) is 12.7. The second-order valence-electron chi connectivity index (χ2n) is 6.34. The molecule has 1 aromatic carbocycles. The molecular weight excluding hydrogens is 336 g/mol. The monoisotopic (exact) mass is 356 g/mol. The molecule has 7 nitrogen and oxygen atoms in total. The average molecular weight is 356 g/mol. The van der Waals surface area contributed by atoms with Gasteiger partial charge in [0.1, 0.15) is 6.04 Å². The van der Waals surface area contributed by atoms with Gasteiger partial charge in [-0.15, -0.1) is 0 Å². The van der Waals surface area contributed by atoms with Gasteiger partial charge in [-0.3, -0.25) is 9.59 Å². The molecule has 7 heteroatoms. The van der Waals surface area contributed by atoms with Crippen molar-refractivity contribution in [3.63, 3.8) is 0 Å². The molecule has 2 aromatic rings. The van der Waals surface area contributed by atoms with Crippen LogP contribution in [-0.4, -0.2) is 42.5 Å². The summed E-state index contributed by atoms with van der Waals surface area (Å²) in [6.07, 6.45) is 3.69. The lowest BCUT2D eigenvalue weighted by atomic mass is 10.2.